The van der Waals surface area contributed by atoms with Crippen molar-refractivity contribution < 1.29 is 4.39 Å². The minimum Gasteiger partial charge on any atom is -0.207 e. The van der Waals surface area contributed by atoms with Gasteiger partial charge in [0.1, 0.15) is 13.9 Å². The van der Waals surface area contributed by atoms with Crippen LogP contribution in [0, 0.1) is 5.82 Å². The molecule has 2 aromatic rings. The Morgan fingerprint density at radius 1 is 1.06 bits per heavy atom. The minimum atomic E-state index is -1.69. The van der Waals surface area contributed by atoms with Crippen LogP contribution in [0.4, 0.5) is 4.39 Å². The van der Waals surface area contributed by atoms with Gasteiger partial charge in [0, 0.05) is 5.02 Å². The van der Waals surface area contributed by atoms with Gasteiger partial charge in [-0.3, -0.25) is 0 Å². The van der Waals surface area contributed by atoms with Gasteiger partial charge in [-0.15, -0.1) is 0 Å². The second-order valence-corrected chi connectivity index (χ2v) is 9.71. The highest BCUT2D eigenvalue weighted by atomic mass is 35.5. The molecule has 2 aromatic carbocycles. The highest BCUT2D eigenvalue weighted by Gasteiger charge is 2.38. The van der Waals surface area contributed by atoms with E-state index in [0.717, 1.165) is 16.1 Å². The first kappa shape index (κ1) is 11.0. The number of rotatable bonds is 0. The first-order chi connectivity index (χ1) is 8.01. The van der Waals surface area contributed by atoms with Crippen molar-refractivity contribution >= 4 is 30.0 Å². The third-order valence-electron chi connectivity index (χ3n) is 3.61. The summed E-state index contributed by atoms with van der Waals surface area (Å²) >= 11 is 6.28. The number of benzene rings is 2. The van der Waals surface area contributed by atoms with Crippen molar-refractivity contribution in [3.05, 3.63) is 47.2 Å². The topological polar surface area (TPSA) is 0 Å². The molecule has 0 nitrogen and oxygen atoms in total. The van der Waals surface area contributed by atoms with E-state index in [9.17, 15) is 4.39 Å². The van der Waals surface area contributed by atoms with Gasteiger partial charge in [0.25, 0.3) is 0 Å². The quantitative estimate of drug-likeness (QED) is 0.639. The first-order valence-electron chi connectivity index (χ1n) is 5.61. The standard InChI is InChI=1S/C14H12ClFSi/c1-17(2)12-7-6-9(16)8-10(12)14-11(15)4-3-5-13(14)17/h3-8H,1-2H3. The van der Waals surface area contributed by atoms with Crippen molar-refractivity contribution in [1.29, 1.82) is 0 Å². The molecule has 3 rings (SSSR count). The zero-order chi connectivity index (χ0) is 12.2. The summed E-state index contributed by atoms with van der Waals surface area (Å²) < 4.78 is 13.4. The maximum atomic E-state index is 13.4. The second kappa shape index (κ2) is 3.44. The summed E-state index contributed by atoms with van der Waals surface area (Å²) in [6.07, 6.45) is 0. The Bertz CT molecular complexity index is 620. The fourth-order valence-electron chi connectivity index (χ4n) is 2.73. The molecule has 1 aliphatic rings. The summed E-state index contributed by atoms with van der Waals surface area (Å²) in [5.41, 5.74) is 2.03. The van der Waals surface area contributed by atoms with Gasteiger partial charge < -0.3 is 0 Å². The van der Waals surface area contributed by atoms with Crippen molar-refractivity contribution in [1.82, 2.24) is 0 Å². The number of hydrogen-bond acceptors (Lipinski definition) is 0. The van der Waals surface area contributed by atoms with Gasteiger partial charge in [0.2, 0.25) is 0 Å². The van der Waals surface area contributed by atoms with Crippen LogP contribution in [0.25, 0.3) is 11.1 Å². The van der Waals surface area contributed by atoms with E-state index in [2.05, 4.69) is 19.2 Å². The second-order valence-electron chi connectivity index (χ2n) is 4.98. The van der Waals surface area contributed by atoms with E-state index in [0.29, 0.717) is 0 Å². The van der Waals surface area contributed by atoms with Crippen molar-refractivity contribution in [3.63, 3.8) is 0 Å². The van der Waals surface area contributed by atoms with Crippen molar-refractivity contribution in [2.75, 3.05) is 0 Å². The average molecular weight is 263 g/mol. The lowest BCUT2D eigenvalue weighted by atomic mass is 10.1. The molecule has 0 aliphatic carbocycles. The number of hydrogen-bond donors (Lipinski definition) is 0. The molecule has 0 saturated heterocycles. The normalized spacial score (nSPS) is 15.5. The van der Waals surface area contributed by atoms with Crippen LogP contribution >= 0.6 is 11.6 Å². The van der Waals surface area contributed by atoms with E-state index >= 15 is 0 Å². The van der Waals surface area contributed by atoms with E-state index in [1.165, 1.54) is 10.4 Å². The summed E-state index contributed by atoms with van der Waals surface area (Å²) in [7, 11) is -1.69. The Morgan fingerprint density at radius 3 is 2.59 bits per heavy atom. The molecule has 0 aromatic heterocycles. The third kappa shape index (κ3) is 1.41. The van der Waals surface area contributed by atoms with E-state index in [1.807, 2.05) is 18.2 Å². The fourth-order valence-corrected chi connectivity index (χ4v) is 6.16. The van der Waals surface area contributed by atoms with Gasteiger partial charge in [-0.05, 0) is 39.7 Å². The van der Waals surface area contributed by atoms with Crippen molar-refractivity contribution in [2.24, 2.45) is 0 Å². The van der Waals surface area contributed by atoms with Gasteiger partial charge in [-0.2, -0.15) is 0 Å². The zero-order valence-electron chi connectivity index (χ0n) is 9.72. The maximum absolute atomic E-state index is 13.4. The molecule has 0 N–H and O–H groups in total. The number of halogens is 2. The molecule has 0 saturated carbocycles. The lowest BCUT2D eigenvalue weighted by Crippen LogP contribution is -2.49. The van der Waals surface area contributed by atoms with Gasteiger partial charge in [0.15, 0.2) is 0 Å². The van der Waals surface area contributed by atoms with Gasteiger partial charge in [-0.25, -0.2) is 4.39 Å². The van der Waals surface area contributed by atoms with Gasteiger partial charge >= 0.3 is 0 Å². The molecule has 0 bridgehead atoms. The van der Waals surface area contributed by atoms with Crippen LogP contribution in [0.5, 0.6) is 0 Å². The van der Waals surface area contributed by atoms with Gasteiger partial charge in [0.05, 0.1) is 0 Å². The lowest BCUT2D eigenvalue weighted by molar-refractivity contribution is 0.629. The lowest BCUT2D eigenvalue weighted by Gasteiger charge is -2.18. The van der Waals surface area contributed by atoms with Crippen LogP contribution in [0.2, 0.25) is 18.1 Å². The van der Waals surface area contributed by atoms with Crippen LogP contribution in [0.3, 0.4) is 0 Å². The van der Waals surface area contributed by atoms with E-state index in [-0.39, 0.29) is 5.82 Å². The predicted octanol–water partition coefficient (Wildman–Crippen LogP) is 3.28. The summed E-state index contributed by atoms with van der Waals surface area (Å²) in [5.74, 6) is -0.193. The smallest absolute Gasteiger partial charge is 0.123 e. The SMILES string of the molecule is C[Si]1(C)c2ccc(F)cc2-c2c(Cl)cccc21. The van der Waals surface area contributed by atoms with Crippen LogP contribution < -0.4 is 10.4 Å². The minimum absolute atomic E-state index is 0.193. The Kier molecular flexibility index (Phi) is 2.22. The Morgan fingerprint density at radius 2 is 1.82 bits per heavy atom. The number of fused-ring (bicyclic) bond motifs is 3. The van der Waals surface area contributed by atoms with Crippen molar-refractivity contribution in [2.45, 2.75) is 13.1 Å². The zero-order valence-corrected chi connectivity index (χ0v) is 11.5. The maximum Gasteiger partial charge on any atom is 0.123 e. The summed E-state index contributed by atoms with van der Waals surface area (Å²) in [6, 6.07) is 11.1. The van der Waals surface area contributed by atoms with Crippen LogP contribution in [-0.2, 0) is 0 Å². The highest BCUT2D eigenvalue weighted by Crippen LogP contribution is 2.33. The molecular weight excluding hydrogens is 251 g/mol. The molecule has 3 heteroatoms. The third-order valence-corrected chi connectivity index (χ3v) is 7.47. The molecule has 1 heterocycles. The van der Waals surface area contributed by atoms with Crippen LogP contribution in [0.15, 0.2) is 36.4 Å². The summed E-state index contributed by atoms with van der Waals surface area (Å²) in [4.78, 5) is 0. The van der Waals surface area contributed by atoms with E-state index in [4.69, 9.17) is 11.6 Å². The molecule has 0 atom stereocenters. The molecular formula is C14H12ClFSi. The summed E-state index contributed by atoms with van der Waals surface area (Å²) in [5, 5.41) is 3.32. The molecule has 17 heavy (non-hydrogen) atoms. The Hall–Kier alpha value is -1.12. The van der Waals surface area contributed by atoms with Gasteiger partial charge in [-0.1, -0.05) is 42.9 Å². The molecule has 0 spiro atoms. The molecule has 0 unspecified atom stereocenters. The van der Waals surface area contributed by atoms with E-state index in [1.54, 1.807) is 12.1 Å². The molecule has 1 aliphatic heterocycles. The molecule has 86 valence electrons. The highest BCUT2D eigenvalue weighted by molar-refractivity contribution is 7.04. The van der Waals surface area contributed by atoms with Crippen LogP contribution in [-0.4, -0.2) is 8.07 Å². The predicted molar refractivity (Wildman–Crippen MR) is 73.6 cm³/mol. The summed E-state index contributed by atoms with van der Waals surface area (Å²) in [6.45, 7) is 4.57. The van der Waals surface area contributed by atoms with Crippen molar-refractivity contribution in [3.8, 4) is 11.1 Å². The van der Waals surface area contributed by atoms with E-state index < -0.39 is 8.07 Å². The molecule has 0 amide bonds. The largest absolute Gasteiger partial charge is 0.207 e. The fraction of sp³-hybridized carbons (Fsp3) is 0.143. The Balaban J connectivity index is 2.44. The van der Waals surface area contributed by atoms with Crippen LogP contribution in [0.1, 0.15) is 0 Å². The first-order valence-corrected chi connectivity index (χ1v) is 8.99. The molecule has 0 radical (unpaired) electrons. The molecule has 0 fully saturated rings. The Labute approximate surface area is 106 Å². The average Bonchev–Trinajstić information content (AvgIpc) is 2.49. The monoisotopic (exact) mass is 262 g/mol.